The van der Waals surface area contributed by atoms with E-state index in [2.05, 4.69) is 24.1 Å². The minimum absolute atomic E-state index is 0.786. The fraction of sp³-hybridized carbons (Fsp3) is 1.00. The van der Waals surface area contributed by atoms with Crippen molar-refractivity contribution in [1.29, 1.82) is 0 Å². The molecule has 1 heterocycles. The first kappa shape index (κ1) is 11.4. The Labute approximate surface area is 94.4 Å². The average Bonchev–Trinajstić information content (AvgIpc) is 2.86. The van der Waals surface area contributed by atoms with Crippen LogP contribution in [0.4, 0.5) is 0 Å². The third kappa shape index (κ3) is 4.12. The Kier molecular flexibility index (Phi) is 4.04. The second-order valence-corrected chi connectivity index (χ2v) is 5.91. The molecule has 88 valence electrons. The number of hydrogen-bond donors (Lipinski definition) is 1. The van der Waals surface area contributed by atoms with E-state index in [9.17, 15) is 0 Å². The van der Waals surface area contributed by atoms with E-state index in [-0.39, 0.29) is 0 Å². The van der Waals surface area contributed by atoms with Crippen molar-refractivity contribution in [3.8, 4) is 0 Å². The van der Waals surface area contributed by atoms with Crippen LogP contribution in [-0.4, -0.2) is 37.6 Å². The number of nitrogens with one attached hydrogen (secondary N) is 1. The summed E-state index contributed by atoms with van der Waals surface area (Å²) in [5.41, 5.74) is 0. The van der Waals surface area contributed by atoms with Crippen molar-refractivity contribution in [2.24, 2.45) is 17.8 Å². The van der Waals surface area contributed by atoms with Crippen molar-refractivity contribution in [2.75, 3.05) is 32.7 Å². The largest absolute Gasteiger partial charge is 0.316 e. The lowest BCUT2D eigenvalue weighted by molar-refractivity contribution is 0.308. The van der Waals surface area contributed by atoms with Gasteiger partial charge in [-0.3, -0.25) is 0 Å². The Morgan fingerprint density at radius 1 is 1.20 bits per heavy atom. The van der Waals surface area contributed by atoms with E-state index < -0.39 is 0 Å². The van der Waals surface area contributed by atoms with E-state index >= 15 is 0 Å². The van der Waals surface area contributed by atoms with Gasteiger partial charge >= 0.3 is 0 Å². The Morgan fingerprint density at radius 2 is 2.00 bits per heavy atom. The fourth-order valence-corrected chi connectivity index (χ4v) is 2.49. The van der Waals surface area contributed by atoms with Crippen molar-refractivity contribution in [2.45, 2.75) is 33.1 Å². The Hall–Kier alpha value is -0.0800. The molecule has 0 aromatic carbocycles. The van der Waals surface area contributed by atoms with Gasteiger partial charge in [0.15, 0.2) is 0 Å². The molecular formula is C13H26N2. The summed E-state index contributed by atoms with van der Waals surface area (Å²) in [6.07, 6.45) is 4.40. The summed E-state index contributed by atoms with van der Waals surface area (Å²) in [5, 5.41) is 3.59. The van der Waals surface area contributed by atoms with E-state index in [0.717, 1.165) is 17.8 Å². The van der Waals surface area contributed by atoms with Crippen molar-refractivity contribution >= 4 is 0 Å². The normalized spacial score (nSPS) is 27.8. The average molecular weight is 210 g/mol. The van der Waals surface area contributed by atoms with E-state index in [4.69, 9.17) is 0 Å². The summed E-state index contributed by atoms with van der Waals surface area (Å²) in [4.78, 5) is 2.68. The predicted octanol–water partition coefficient (Wildman–Crippen LogP) is 1.96. The maximum absolute atomic E-state index is 3.59. The van der Waals surface area contributed by atoms with Gasteiger partial charge in [0.05, 0.1) is 0 Å². The Bertz CT molecular complexity index is 187. The zero-order chi connectivity index (χ0) is 10.7. The Morgan fingerprint density at radius 3 is 2.67 bits per heavy atom. The van der Waals surface area contributed by atoms with Gasteiger partial charge in [-0.25, -0.2) is 0 Å². The summed E-state index contributed by atoms with van der Waals surface area (Å²) in [7, 11) is 0. The van der Waals surface area contributed by atoms with Gasteiger partial charge in [-0.15, -0.1) is 0 Å². The Balaban J connectivity index is 1.55. The van der Waals surface area contributed by atoms with Crippen molar-refractivity contribution in [3.05, 3.63) is 0 Å². The molecule has 1 aliphatic carbocycles. The lowest BCUT2D eigenvalue weighted by atomic mass is 10.1. The zero-order valence-electron chi connectivity index (χ0n) is 10.3. The van der Waals surface area contributed by atoms with Gasteiger partial charge in [0.1, 0.15) is 0 Å². The molecule has 1 aliphatic heterocycles. The van der Waals surface area contributed by atoms with Crippen molar-refractivity contribution in [1.82, 2.24) is 10.2 Å². The minimum Gasteiger partial charge on any atom is -0.316 e. The first-order valence-corrected chi connectivity index (χ1v) is 6.67. The molecule has 15 heavy (non-hydrogen) atoms. The van der Waals surface area contributed by atoms with Gasteiger partial charge in [-0.1, -0.05) is 13.8 Å². The minimum atomic E-state index is 0.786. The molecule has 1 saturated carbocycles. The SMILES string of the molecule is CC(C)CNCC1CCN(CC2CC2)C1. The molecule has 0 spiro atoms. The van der Waals surface area contributed by atoms with Gasteiger partial charge in [0.2, 0.25) is 0 Å². The first-order chi connectivity index (χ1) is 7.24. The number of hydrogen-bond acceptors (Lipinski definition) is 2. The highest BCUT2D eigenvalue weighted by Gasteiger charge is 2.28. The van der Waals surface area contributed by atoms with Gasteiger partial charge < -0.3 is 10.2 Å². The van der Waals surface area contributed by atoms with Gasteiger partial charge in [0.25, 0.3) is 0 Å². The summed E-state index contributed by atoms with van der Waals surface area (Å²) in [5.74, 6) is 2.77. The van der Waals surface area contributed by atoms with E-state index in [1.165, 1.54) is 52.0 Å². The monoisotopic (exact) mass is 210 g/mol. The molecule has 0 radical (unpaired) electrons. The van der Waals surface area contributed by atoms with Crippen LogP contribution in [0.5, 0.6) is 0 Å². The molecule has 1 atom stereocenters. The van der Waals surface area contributed by atoms with E-state index in [1.807, 2.05) is 0 Å². The third-order valence-electron chi connectivity index (χ3n) is 3.57. The molecule has 2 heteroatoms. The summed E-state index contributed by atoms with van der Waals surface area (Å²) >= 11 is 0. The molecule has 2 rings (SSSR count). The molecule has 1 unspecified atom stereocenters. The highest BCUT2D eigenvalue weighted by molar-refractivity contribution is 4.83. The van der Waals surface area contributed by atoms with Gasteiger partial charge in [-0.2, -0.15) is 0 Å². The maximum Gasteiger partial charge on any atom is 0.00224 e. The molecule has 0 aromatic heterocycles. The lowest BCUT2D eigenvalue weighted by Crippen LogP contribution is -2.29. The smallest absolute Gasteiger partial charge is 0.00224 e. The van der Waals surface area contributed by atoms with Gasteiger partial charge in [0, 0.05) is 13.1 Å². The van der Waals surface area contributed by atoms with Crippen LogP contribution in [-0.2, 0) is 0 Å². The van der Waals surface area contributed by atoms with Crippen molar-refractivity contribution < 1.29 is 0 Å². The quantitative estimate of drug-likeness (QED) is 0.721. The topological polar surface area (TPSA) is 15.3 Å². The number of nitrogens with zero attached hydrogens (tertiary/aromatic N) is 1. The van der Waals surface area contributed by atoms with Crippen LogP contribution < -0.4 is 5.32 Å². The number of likely N-dealkylation sites (tertiary alicyclic amines) is 1. The molecule has 0 aromatic rings. The molecule has 0 amide bonds. The standard InChI is InChI=1S/C13H26N2/c1-11(2)7-14-8-13-5-6-15(10-13)9-12-3-4-12/h11-14H,3-10H2,1-2H3. The molecule has 2 fully saturated rings. The van der Waals surface area contributed by atoms with E-state index in [1.54, 1.807) is 0 Å². The molecular weight excluding hydrogens is 184 g/mol. The molecule has 1 saturated heterocycles. The third-order valence-corrected chi connectivity index (χ3v) is 3.57. The zero-order valence-corrected chi connectivity index (χ0v) is 10.3. The second kappa shape index (κ2) is 5.31. The van der Waals surface area contributed by atoms with Crippen LogP contribution in [0.3, 0.4) is 0 Å². The molecule has 2 aliphatic rings. The summed E-state index contributed by atoms with van der Waals surface area (Å²) in [6, 6.07) is 0. The lowest BCUT2D eigenvalue weighted by Gasteiger charge is -2.16. The number of rotatable bonds is 6. The van der Waals surface area contributed by atoms with Crippen LogP contribution in [0, 0.1) is 17.8 Å². The first-order valence-electron chi connectivity index (χ1n) is 6.67. The summed E-state index contributed by atoms with van der Waals surface area (Å²) in [6.45, 7) is 11.1. The highest BCUT2D eigenvalue weighted by atomic mass is 15.2. The van der Waals surface area contributed by atoms with E-state index in [0.29, 0.717) is 0 Å². The van der Waals surface area contributed by atoms with Crippen LogP contribution in [0.25, 0.3) is 0 Å². The van der Waals surface area contributed by atoms with Crippen molar-refractivity contribution in [3.63, 3.8) is 0 Å². The van der Waals surface area contributed by atoms with Crippen LogP contribution in [0.2, 0.25) is 0 Å². The van der Waals surface area contributed by atoms with Gasteiger partial charge in [-0.05, 0) is 56.7 Å². The maximum atomic E-state index is 3.59. The predicted molar refractivity (Wildman–Crippen MR) is 65.0 cm³/mol. The van der Waals surface area contributed by atoms with Crippen LogP contribution >= 0.6 is 0 Å². The molecule has 0 bridgehead atoms. The van der Waals surface area contributed by atoms with Crippen LogP contribution in [0.15, 0.2) is 0 Å². The molecule has 1 N–H and O–H groups in total. The second-order valence-electron chi connectivity index (χ2n) is 5.91. The summed E-state index contributed by atoms with van der Waals surface area (Å²) < 4.78 is 0. The molecule has 2 nitrogen and oxygen atoms in total. The highest BCUT2D eigenvalue weighted by Crippen LogP contribution is 2.31. The van der Waals surface area contributed by atoms with Crippen LogP contribution in [0.1, 0.15) is 33.1 Å². The fourth-order valence-electron chi connectivity index (χ4n) is 2.49.